The lowest BCUT2D eigenvalue weighted by Gasteiger charge is -2.08. The zero-order valence-electron chi connectivity index (χ0n) is 12.6. The Morgan fingerprint density at radius 3 is 2.68 bits per heavy atom. The summed E-state index contributed by atoms with van der Waals surface area (Å²) in [7, 11) is 0. The van der Waals surface area contributed by atoms with Crippen molar-refractivity contribution in [2.75, 3.05) is 18.4 Å². The van der Waals surface area contributed by atoms with Gasteiger partial charge in [-0.1, -0.05) is 30.7 Å². The van der Waals surface area contributed by atoms with Crippen LogP contribution in [0.4, 0.5) is 5.82 Å². The van der Waals surface area contributed by atoms with E-state index in [4.69, 9.17) is 11.6 Å². The number of hydrogen-bond acceptors (Lipinski definition) is 3. The standard InChI is InChI=1S/C17H20ClN3O/c1-2-9-19-16-12-14(8-11-20-16)17(22)21-10-7-13-3-5-15(18)6-4-13/h3-6,8,11-12H,2,7,9-10H2,1H3,(H,19,20)(H,21,22). The number of nitrogens with zero attached hydrogens (tertiary/aromatic N) is 1. The summed E-state index contributed by atoms with van der Waals surface area (Å²) in [5.74, 6) is 0.642. The summed E-state index contributed by atoms with van der Waals surface area (Å²) < 4.78 is 0. The number of carbonyl (C=O) groups excluding carboxylic acids is 1. The van der Waals surface area contributed by atoms with E-state index >= 15 is 0 Å². The van der Waals surface area contributed by atoms with Crippen molar-refractivity contribution in [3.8, 4) is 0 Å². The second-order valence-corrected chi connectivity index (χ2v) is 5.43. The highest BCUT2D eigenvalue weighted by molar-refractivity contribution is 6.30. The molecule has 2 N–H and O–H groups in total. The van der Waals surface area contributed by atoms with Crippen LogP contribution in [0.5, 0.6) is 0 Å². The molecule has 0 aliphatic heterocycles. The minimum atomic E-state index is -0.0871. The number of amides is 1. The Hall–Kier alpha value is -2.07. The molecule has 0 fully saturated rings. The fourth-order valence-corrected chi connectivity index (χ4v) is 2.12. The number of benzene rings is 1. The van der Waals surface area contributed by atoms with Crippen LogP contribution in [0.25, 0.3) is 0 Å². The molecule has 0 atom stereocenters. The minimum absolute atomic E-state index is 0.0871. The van der Waals surface area contributed by atoms with Crippen LogP contribution < -0.4 is 10.6 Å². The fourth-order valence-electron chi connectivity index (χ4n) is 2.00. The second kappa shape index (κ2) is 8.39. The topological polar surface area (TPSA) is 54.0 Å². The maximum atomic E-state index is 12.1. The monoisotopic (exact) mass is 317 g/mol. The Labute approximate surface area is 135 Å². The maximum Gasteiger partial charge on any atom is 0.251 e. The Bertz CT molecular complexity index is 614. The van der Waals surface area contributed by atoms with E-state index < -0.39 is 0 Å². The molecule has 1 aromatic heterocycles. The third kappa shape index (κ3) is 5.04. The summed E-state index contributed by atoms with van der Waals surface area (Å²) in [6, 6.07) is 11.1. The summed E-state index contributed by atoms with van der Waals surface area (Å²) in [5, 5.41) is 6.81. The van der Waals surface area contributed by atoms with E-state index in [1.165, 1.54) is 0 Å². The molecule has 0 spiro atoms. The molecule has 2 aromatic rings. The van der Waals surface area contributed by atoms with Crippen molar-refractivity contribution in [3.05, 3.63) is 58.7 Å². The predicted molar refractivity (Wildman–Crippen MR) is 90.5 cm³/mol. The Balaban J connectivity index is 1.85. The smallest absolute Gasteiger partial charge is 0.251 e. The normalized spacial score (nSPS) is 10.3. The average molecular weight is 318 g/mol. The van der Waals surface area contributed by atoms with Crippen LogP contribution in [0, 0.1) is 0 Å². The molecular formula is C17H20ClN3O. The molecular weight excluding hydrogens is 298 g/mol. The van der Waals surface area contributed by atoms with Gasteiger partial charge in [0.25, 0.3) is 5.91 Å². The molecule has 4 nitrogen and oxygen atoms in total. The van der Waals surface area contributed by atoms with E-state index in [-0.39, 0.29) is 5.91 Å². The van der Waals surface area contributed by atoms with Gasteiger partial charge >= 0.3 is 0 Å². The molecule has 0 bridgehead atoms. The Morgan fingerprint density at radius 1 is 1.18 bits per heavy atom. The van der Waals surface area contributed by atoms with Crippen molar-refractivity contribution in [3.63, 3.8) is 0 Å². The van der Waals surface area contributed by atoms with Crippen molar-refractivity contribution in [1.29, 1.82) is 0 Å². The van der Waals surface area contributed by atoms with Crippen LogP contribution >= 0.6 is 11.6 Å². The van der Waals surface area contributed by atoms with Crippen LogP contribution in [-0.2, 0) is 6.42 Å². The second-order valence-electron chi connectivity index (χ2n) is 4.99. The first kappa shape index (κ1) is 16.3. The number of halogens is 1. The van der Waals surface area contributed by atoms with Gasteiger partial charge in [-0.2, -0.15) is 0 Å². The van der Waals surface area contributed by atoms with Crippen LogP contribution in [-0.4, -0.2) is 24.0 Å². The predicted octanol–water partition coefficient (Wildman–Crippen LogP) is 3.53. The largest absolute Gasteiger partial charge is 0.370 e. The van der Waals surface area contributed by atoms with Gasteiger partial charge in [0.05, 0.1) is 0 Å². The van der Waals surface area contributed by atoms with Gasteiger partial charge in [-0.25, -0.2) is 4.98 Å². The number of rotatable bonds is 7. The number of nitrogens with one attached hydrogen (secondary N) is 2. The van der Waals surface area contributed by atoms with Crippen molar-refractivity contribution in [2.45, 2.75) is 19.8 Å². The molecule has 0 saturated carbocycles. The van der Waals surface area contributed by atoms with Crippen LogP contribution in [0.2, 0.25) is 5.02 Å². The van der Waals surface area contributed by atoms with E-state index in [9.17, 15) is 4.79 Å². The third-order valence-electron chi connectivity index (χ3n) is 3.19. The summed E-state index contributed by atoms with van der Waals surface area (Å²) in [5.41, 5.74) is 1.76. The fraction of sp³-hybridized carbons (Fsp3) is 0.294. The Kier molecular flexibility index (Phi) is 6.22. The summed E-state index contributed by atoms with van der Waals surface area (Å²) in [6.45, 7) is 3.51. The maximum absolute atomic E-state index is 12.1. The molecule has 1 heterocycles. The summed E-state index contributed by atoms with van der Waals surface area (Å²) in [6.07, 6.45) is 3.43. The van der Waals surface area contributed by atoms with Gasteiger partial charge in [0, 0.05) is 29.9 Å². The number of hydrogen-bond donors (Lipinski definition) is 2. The van der Waals surface area contributed by atoms with Gasteiger partial charge in [0.2, 0.25) is 0 Å². The highest BCUT2D eigenvalue weighted by atomic mass is 35.5. The molecule has 1 aromatic carbocycles. The number of pyridine rings is 1. The first-order valence-electron chi connectivity index (χ1n) is 7.41. The number of aromatic nitrogens is 1. The molecule has 116 valence electrons. The molecule has 5 heteroatoms. The average Bonchev–Trinajstić information content (AvgIpc) is 2.55. The molecule has 1 amide bonds. The van der Waals surface area contributed by atoms with Gasteiger partial charge < -0.3 is 10.6 Å². The SMILES string of the molecule is CCCNc1cc(C(=O)NCCc2ccc(Cl)cc2)ccn1. The molecule has 2 rings (SSSR count). The lowest BCUT2D eigenvalue weighted by Crippen LogP contribution is -2.25. The van der Waals surface area contributed by atoms with E-state index in [0.717, 1.165) is 35.8 Å². The van der Waals surface area contributed by atoms with Gasteiger partial charge in [-0.15, -0.1) is 0 Å². The summed E-state index contributed by atoms with van der Waals surface area (Å²) >= 11 is 5.85. The van der Waals surface area contributed by atoms with Gasteiger partial charge in [-0.05, 0) is 42.7 Å². The molecule has 0 radical (unpaired) electrons. The van der Waals surface area contributed by atoms with Crippen molar-refractivity contribution in [2.24, 2.45) is 0 Å². The van der Waals surface area contributed by atoms with Crippen molar-refractivity contribution >= 4 is 23.3 Å². The molecule has 0 aliphatic rings. The van der Waals surface area contributed by atoms with E-state index in [2.05, 4.69) is 22.5 Å². The zero-order chi connectivity index (χ0) is 15.8. The number of carbonyl (C=O) groups is 1. The van der Waals surface area contributed by atoms with Crippen LogP contribution in [0.15, 0.2) is 42.6 Å². The highest BCUT2D eigenvalue weighted by Gasteiger charge is 2.06. The van der Waals surface area contributed by atoms with Crippen LogP contribution in [0.1, 0.15) is 29.3 Å². The molecule has 0 saturated heterocycles. The van der Waals surface area contributed by atoms with Crippen molar-refractivity contribution in [1.82, 2.24) is 10.3 Å². The lowest BCUT2D eigenvalue weighted by atomic mass is 10.1. The first-order chi connectivity index (χ1) is 10.7. The molecule has 0 unspecified atom stereocenters. The highest BCUT2D eigenvalue weighted by Crippen LogP contribution is 2.10. The van der Waals surface area contributed by atoms with Crippen molar-refractivity contribution < 1.29 is 4.79 Å². The minimum Gasteiger partial charge on any atom is -0.370 e. The van der Waals surface area contributed by atoms with E-state index in [1.54, 1.807) is 18.3 Å². The Morgan fingerprint density at radius 2 is 1.95 bits per heavy atom. The molecule has 0 aliphatic carbocycles. The molecule has 22 heavy (non-hydrogen) atoms. The van der Waals surface area contributed by atoms with Crippen LogP contribution in [0.3, 0.4) is 0 Å². The lowest BCUT2D eigenvalue weighted by molar-refractivity contribution is 0.0954. The zero-order valence-corrected chi connectivity index (χ0v) is 13.4. The van der Waals surface area contributed by atoms with Gasteiger partial charge in [-0.3, -0.25) is 4.79 Å². The van der Waals surface area contributed by atoms with E-state index in [1.807, 2.05) is 24.3 Å². The van der Waals surface area contributed by atoms with E-state index in [0.29, 0.717) is 12.1 Å². The number of anilines is 1. The van der Waals surface area contributed by atoms with Gasteiger partial charge in [0.1, 0.15) is 5.82 Å². The summed E-state index contributed by atoms with van der Waals surface area (Å²) in [4.78, 5) is 16.3. The quantitative estimate of drug-likeness (QED) is 0.821. The first-order valence-corrected chi connectivity index (χ1v) is 7.79. The third-order valence-corrected chi connectivity index (χ3v) is 3.44. The van der Waals surface area contributed by atoms with Gasteiger partial charge in [0.15, 0.2) is 0 Å².